The van der Waals surface area contributed by atoms with Gasteiger partial charge >= 0.3 is 0 Å². The molecule has 0 aliphatic carbocycles. The Balaban J connectivity index is 1.95. The fraction of sp³-hybridized carbons (Fsp3) is 0.444. The van der Waals surface area contributed by atoms with Crippen molar-refractivity contribution in [2.45, 2.75) is 33.6 Å². The van der Waals surface area contributed by atoms with Gasteiger partial charge in [0.15, 0.2) is 11.5 Å². The smallest absolute Gasteiger partial charge is 0.273 e. The molecule has 0 saturated heterocycles. The van der Waals surface area contributed by atoms with Crippen LogP contribution < -0.4 is 5.32 Å². The highest BCUT2D eigenvalue weighted by Crippen LogP contribution is 2.25. The summed E-state index contributed by atoms with van der Waals surface area (Å²) in [4.78, 5) is 12.2. The molecule has 0 unspecified atom stereocenters. The third-order valence-electron chi connectivity index (χ3n) is 3.92. The normalized spacial score (nSPS) is 11.5. The number of hydrogen-bond donors (Lipinski definition) is 2. The molecule has 2 aromatic rings. The average Bonchev–Trinajstić information content (AvgIpc) is 2.94. The van der Waals surface area contributed by atoms with E-state index in [1.54, 1.807) is 0 Å². The van der Waals surface area contributed by atoms with Crippen molar-refractivity contribution in [3.8, 4) is 11.3 Å². The summed E-state index contributed by atoms with van der Waals surface area (Å²) in [7, 11) is 0. The lowest BCUT2D eigenvalue weighted by Crippen LogP contribution is -2.27. The number of hydrogen-bond acceptors (Lipinski definition) is 4. The highest BCUT2D eigenvalue weighted by molar-refractivity contribution is 5.94. The topological polar surface area (TPSA) is 75.4 Å². The minimum atomic E-state index is -0.227. The Morgan fingerprint density at radius 2 is 2.00 bits per heavy atom. The van der Waals surface area contributed by atoms with E-state index in [1.165, 1.54) is 0 Å². The van der Waals surface area contributed by atoms with Crippen LogP contribution in [-0.4, -0.2) is 29.3 Å². The molecular weight excluding hydrogens is 292 g/mol. The fourth-order valence-electron chi connectivity index (χ4n) is 2.34. The van der Waals surface area contributed by atoms with Crippen molar-refractivity contribution in [3.05, 3.63) is 41.6 Å². The molecule has 2 rings (SSSR count). The van der Waals surface area contributed by atoms with Crippen LogP contribution in [0, 0.1) is 12.3 Å². The molecule has 23 heavy (non-hydrogen) atoms. The van der Waals surface area contributed by atoms with Gasteiger partial charge in [0.05, 0.1) is 0 Å². The first-order valence-corrected chi connectivity index (χ1v) is 7.85. The Kier molecular flexibility index (Phi) is 5.55. The number of amides is 1. The molecule has 0 aliphatic heterocycles. The van der Waals surface area contributed by atoms with Crippen LogP contribution in [0.1, 0.15) is 42.7 Å². The first-order valence-electron chi connectivity index (χ1n) is 7.85. The van der Waals surface area contributed by atoms with Gasteiger partial charge in [-0.2, -0.15) is 0 Å². The number of carbonyl (C=O) groups is 1. The number of rotatable bonds is 7. The monoisotopic (exact) mass is 316 g/mol. The van der Waals surface area contributed by atoms with E-state index in [-0.39, 0.29) is 17.9 Å². The number of aliphatic hydroxyl groups is 1. The Morgan fingerprint density at radius 3 is 2.65 bits per heavy atom. The summed E-state index contributed by atoms with van der Waals surface area (Å²) in [6.45, 7) is 6.53. The van der Waals surface area contributed by atoms with Crippen LogP contribution >= 0.6 is 0 Å². The molecule has 0 saturated carbocycles. The zero-order valence-electron chi connectivity index (χ0n) is 13.9. The molecule has 0 spiro atoms. The third kappa shape index (κ3) is 4.42. The molecule has 0 radical (unpaired) electrons. The molecule has 0 atom stereocenters. The average molecular weight is 316 g/mol. The van der Waals surface area contributed by atoms with Gasteiger partial charge in [-0.05, 0) is 25.2 Å². The van der Waals surface area contributed by atoms with Gasteiger partial charge < -0.3 is 14.9 Å². The van der Waals surface area contributed by atoms with E-state index in [1.807, 2.05) is 51.1 Å². The summed E-state index contributed by atoms with van der Waals surface area (Å²) in [5.41, 5.74) is 1.85. The van der Waals surface area contributed by atoms with Crippen molar-refractivity contribution in [1.29, 1.82) is 0 Å². The molecule has 0 fully saturated rings. The third-order valence-corrected chi connectivity index (χ3v) is 3.92. The maximum atomic E-state index is 12.2. The minimum Gasteiger partial charge on any atom is -0.396 e. The van der Waals surface area contributed by atoms with Crippen molar-refractivity contribution in [1.82, 2.24) is 10.5 Å². The summed E-state index contributed by atoms with van der Waals surface area (Å²) in [6, 6.07) is 9.61. The van der Waals surface area contributed by atoms with Gasteiger partial charge in [-0.1, -0.05) is 49.3 Å². The molecule has 1 aromatic heterocycles. The second-order valence-electron chi connectivity index (χ2n) is 6.53. The molecule has 0 aliphatic rings. The number of nitrogens with zero attached hydrogens (tertiary/aromatic N) is 1. The Morgan fingerprint density at radius 1 is 1.30 bits per heavy atom. The minimum absolute atomic E-state index is 0.116. The van der Waals surface area contributed by atoms with Gasteiger partial charge in [0, 0.05) is 24.3 Å². The summed E-state index contributed by atoms with van der Waals surface area (Å²) in [5.74, 6) is 0.396. The van der Waals surface area contributed by atoms with E-state index in [2.05, 4.69) is 10.5 Å². The second kappa shape index (κ2) is 7.42. The van der Waals surface area contributed by atoms with E-state index < -0.39 is 0 Å². The second-order valence-corrected chi connectivity index (χ2v) is 6.53. The van der Waals surface area contributed by atoms with Crippen molar-refractivity contribution >= 4 is 5.91 Å². The van der Waals surface area contributed by atoms with Gasteiger partial charge in [-0.25, -0.2) is 0 Å². The van der Waals surface area contributed by atoms with Crippen LogP contribution in [0.5, 0.6) is 0 Å². The lowest BCUT2D eigenvalue weighted by molar-refractivity contribution is 0.0939. The van der Waals surface area contributed by atoms with Crippen LogP contribution in [-0.2, 0) is 0 Å². The zero-order valence-corrected chi connectivity index (χ0v) is 13.9. The molecule has 5 nitrogen and oxygen atoms in total. The van der Waals surface area contributed by atoms with Gasteiger partial charge in [0.2, 0.25) is 0 Å². The number of carbonyl (C=O) groups excluding carboxylic acids is 1. The first kappa shape index (κ1) is 17.2. The Labute approximate surface area is 136 Å². The van der Waals surface area contributed by atoms with Crippen molar-refractivity contribution in [2.75, 3.05) is 13.2 Å². The standard InChI is InChI=1S/C18H24N2O3/c1-13-15(17(22)19-11-7-10-18(2,3)12-21)20-23-16(13)14-8-5-4-6-9-14/h4-6,8-9,21H,7,10-12H2,1-3H3,(H,19,22). The Bertz CT molecular complexity index is 648. The largest absolute Gasteiger partial charge is 0.396 e. The SMILES string of the molecule is Cc1c(C(=O)NCCCC(C)(C)CO)noc1-c1ccccc1. The maximum Gasteiger partial charge on any atom is 0.273 e. The van der Waals surface area contributed by atoms with Gasteiger partial charge in [0.25, 0.3) is 5.91 Å². The predicted molar refractivity (Wildman–Crippen MR) is 89.1 cm³/mol. The summed E-state index contributed by atoms with van der Waals surface area (Å²) in [5, 5.41) is 16.0. The Hall–Kier alpha value is -2.14. The number of aromatic nitrogens is 1. The lowest BCUT2D eigenvalue weighted by atomic mass is 9.89. The van der Waals surface area contributed by atoms with E-state index in [4.69, 9.17) is 4.52 Å². The van der Waals surface area contributed by atoms with E-state index >= 15 is 0 Å². The summed E-state index contributed by atoms with van der Waals surface area (Å²) in [6.07, 6.45) is 1.65. The van der Waals surface area contributed by atoms with Gasteiger partial charge in [-0.15, -0.1) is 0 Å². The van der Waals surface area contributed by atoms with Crippen LogP contribution in [0.4, 0.5) is 0 Å². The fourth-order valence-corrected chi connectivity index (χ4v) is 2.34. The number of aliphatic hydroxyl groups excluding tert-OH is 1. The summed E-state index contributed by atoms with van der Waals surface area (Å²) >= 11 is 0. The van der Waals surface area contributed by atoms with E-state index in [0.29, 0.717) is 18.0 Å². The molecule has 0 bridgehead atoms. The molecular formula is C18H24N2O3. The van der Waals surface area contributed by atoms with Crippen molar-refractivity contribution < 1.29 is 14.4 Å². The quantitative estimate of drug-likeness (QED) is 0.769. The molecule has 5 heteroatoms. The van der Waals surface area contributed by atoms with Crippen LogP contribution in [0.2, 0.25) is 0 Å². The number of benzene rings is 1. The molecule has 124 valence electrons. The predicted octanol–water partition coefficient (Wildman–Crippen LogP) is 3.18. The van der Waals surface area contributed by atoms with Gasteiger partial charge in [-0.3, -0.25) is 4.79 Å². The van der Waals surface area contributed by atoms with Crippen LogP contribution in [0.25, 0.3) is 11.3 Å². The zero-order chi connectivity index (χ0) is 16.9. The van der Waals surface area contributed by atoms with Crippen LogP contribution in [0.15, 0.2) is 34.9 Å². The lowest BCUT2D eigenvalue weighted by Gasteiger charge is -2.21. The van der Waals surface area contributed by atoms with E-state index in [0.717, 1.165) is 24.0 Å². The molecule has 1 heterocycles. The highest BCUT2D eigenvalue weighted by Gasteiger charge is 2.20. The van der Waals surface area contributed by atoms with Crippen molar-refractivity contribution in [3.63, 3.8) is 0 Å². The molecule has 1 amide bonds. The maximum absolute atomic E-state index is 12.2. The number of nitrogens with one attached hydrogen (secondary N) is 1. The molecule has 1 aromatic carbocycles. The highest BCUT2D eigenvalue weighted by atomic mass is 16.5. The van der Waals surface area contributed by atoms with Crippen molar-refractivity contribution in [2.24, 2.45) is 5.41 Å². The van der Waals surface area contributed by atoms with Crippen LogP contribution in [0.3, 0.4) is 0 Å². The van der Waals surface area contributed by atoms with Gasteiger partial charge in [0.1, 0.15) is 0 Å². The molecule has 2 N–H and O–H groups in total. The summed E-state index contributed by atoms with van der Waals surface area (Å²) < 4.78 is 5.34. The van der Waals surface area contributed by atoms with E-state index in [9.17, 15) is 9.90 Å². The first-order chi connectivity index (χ1) is 10.9.